The minimum absolute atomic E-state index is 0.0517. The maximum atomic E-state index is 11.4. The highest BCUT2D eigenvalue weighted by atomic mass is 28.4. The third kappa shape index (κ3) is 10.8. The predicted molar refractivity (Wildman–Crippen MR) is 113 cm³/mol. The molecule has 0 saturated carbocycles. The summed E-state index contributed by atoms with van der Waals surface area (Å²) in [5.74, 6) is -0.516. The van der Waals surface area contributed by atoms with Crippen LogP contribution in [-0.4, -0.2) is 68.8 Å². The van der Waals surface area contributed by atoms with E-state index in [1.165, 1.54) is 0 Å². The number of aliphatic hydroxyl groups excluding tert-OH is 1. The van der Waals surface area contributed by atoms with E-state index in [2.05, 4.69) is 45.9 Å². The average molecular weight is 423 g/mol. The van der Waals surface area contributed by atoms with Gasteiger partial charge in [0.05, 0.1) is 16.8 Å². The SMILES string of the molecule is C=C(C)C(=O)OCC(O)COC(CC)C([SiH3])(O[Si](C)(C)C)O[Si](C)(C)C. The lowest BCUT2D eigenvalue weighted by Crippen LogP contribution is -2.58. The van der Waals surface area contributed by atoms with Gasteiger partial charge in [-0.15, -0.1) is 0 Å². The zero-order valence-corrected chi connectivity index (χ0v) is 22.0. The Hall–Kier alpha value is -0.299. The van der Waals surface area contributed by atoms with Crippen molar-refractivity contribution in [2.24, 2.45) is 0 Å². The maximum absolute atomic E-state index is 11.4. The molecule has 0 amide bonds. The minimum atomic E-state index is -1.86. The van der Waals surface area contributed by atoms with Crippen molar-refractivity contribution < 1.29 is 28.2 Å². The number of carbonyl (C=O) groups excluding carboxylic acids is 1. The van der Waals surface area contributed by atoms with Crippen LogP contribution in [0.25, 0.3) is 0 Å². The summed E-state index contributed by atoms with van der Waals surface area (Å²) in [6.07, 6.45) is -0.479. The molecule has 0 aromatic rings. The molecule has 0 aliphatic heterocycles. The Morgan fingerprint density at radius 3 is 1.92 bits per heavy atom. The Morgan fingerprint density at radius 2 is 1.58 bits per heavy atom. The fourth-order valence-electron chi connectivity index (χ4n) is 2.58. The molecule has 0 aliphatic rings. The van der Waals surface area contributed by atoms with E-state index in [4.69, 9.17) is 18.3 Å². The van der Waals surface area contributed by atoms with Gasteiger partial charge in [0, 0.05) is 5.57 Å². The Morgan fingerprint density at radius 1 is 1.12 bits per heavy atom. The molecule has 2 unspecified atom stereocenters. The van der Waals surface area contributed by atoms with E-state index in [1.54, 1.807) is 6.92 Å². The van der Waals surface area contributed by atoms with Crippen LogP contribution in [0.15, 0.2) is 12.2 Å². The molecule has 9 heteroatoms. The standard InChI is InChI=1S/C17H38O6Si3/c1-10-15(20-11-14(18)12-21-16(19)13(2)3)17(24,22-25(4,5)6)23-26(7,8)9/h14-15,18H,2,10-12H2,1,3-9,24H3. The highest BCUT2D eigenvalue weighted by Crippen LogP contribution is 2.28. The monoisotopic (exact) mass is 422 g/mol. The molecule has 26 heavy (non-hydrogen) atoms. The number of carbonyl (C=O) groups is 1. The molecule has 2 atom stereocenters. The lowest BCUT2D eigenvalue weighted by Gasteiger charge is -2.45. The van der Waals surface area contributed by atoms with Gasteiger partial charge in [-0.2, -0.15) is 0 Å². The second kappa shape index (κ2) is 10.3. The molecule has 0 bridgehead atoms. The fraction of sp³-hybridized carbons (Fsp3) is 0.824. The first-order chi connectivity index (χ1) is 11.6. The van der Waals surface area contributed by atoms with Gasteiger partial charge in [-0.3, -0.25) is 0 Å². The van der Waals surface area contributed by atoms with Gasteiger partial charge in [-0.25, -0.2) is 4.79 Å². The van der Waals surface area contributed by atoms with Gasteiger partial charge < -0.3 is 23.4 Å². The molecule has 0 rings (SSSR count). The van der Waals surface area contributed by atoms with Crippen molar-refractivity contribution >= 4 is 32.8 Å². The van der Waals surface area contributed by atoms with Gasteiger partial charge in [0.1, 0.15) is 24.2 Å². The van der Waals surface area contributed by atoms with Crippen molar-refractivity contribution in [2.45, 2.75) is 77.2 Å². The van der Waals surface area contributed by atoms with Crippen LogP contribution in [0, 0.1) is 0 Å². The summed E-state index contributed by atoms with van der Waals surface area (Å²) < 4.78 is 23.8. The second-order valence-corrected chi connectivity index (χ2v) is 19.0. The molecular formula is C17H38O6Si3. The van der Waals surface area contributed by atoms with Crippen molar-refractivity contribution in [3.63, 3.8) is 0 Å². The van der Waals surface area contributed by atoms with E-state index in [-0.39, 0.29) is 19.3 Å². The molecule has 0 radical (unpaired) electrons. The molecule has 0 saturated heterocycles. The summed E-state index contributed by atoms with van der Waals surface area (Å²) in [7, 11) is -3.07. The van der Waals surface area contributed by atoms with E-state index >= 15 is 0 Å². The van der Waals surface area contributed by atoms with Crippen LogP contribution in [0.4, 0.5) is 0 Å². The Labute approximate surface area is 163 Å². The first kappa shape index (κ1) is 25.7. The normalized spacial score (nSPS) is 15.6. The Kier molecular flexibility index (Phi) is 10.2. The molecule has 0 aromatic heterocycles. The van der Waals surface area contributed by atoms with Crippen LogP contribution in [0.3, 0.4) is 0 Å². The topological polar surface area (TPSA) is 74.2 Å². The van der Waals surface area contributed by atoms with Gasteiger partial charge in [-0.05, 0) is 52.6 Å². The molecule has 0 fully saturated rings. The summed E-state index contributed by atoms with van der Waals surface area (Å²) in [5, 5.41) is 10.1. The minimum Gasteiger partial charge on any atom is -0.460 e. The van der Waals surface area contributed by atoms with Crippen LogP contribution >= 0.6 is 0 Å². The van der Waals surface area contributed by atoms with Crippen LogP contribution in [0.2, 0.25) is 39.3 Å². The number of ether oxygens (including phenoxy) is 2. The van der Waals surface area contributed by atoms with Gasteiger partial charge in [-0.1, -0.05) is 13.5 Å². The van der Waals surface area contributed by atoms with Crippen LogP contribution in [0.1, 0.15) is 20.3 Å². The van der Waals surface area contributed by atoms with E-state index < -0.39 is 34.1 Å². The van der Waals surface area contributed by atoms with Crippen molar-refractivity contribution in [1.29, 1.82) is 0 Å². The predicted octanol–water partition coefficient (Wildman–Crippen LogP) is 1.98. The van der Waals surface area contributed by atoms with Crippen molar-refractivity contribution in [3.8, 4) is 0 Å². The average Bonchev–Trinajstić information content (AvgIpc) is 2.40. The molecule has 0 spiro atoms. The number of aliphatic hydroxyl groups is 1. The maximum Gasteiger partial charge on any atom is 0.333 e. The lowest BCUT2D eigenvalue weighted by molar-refractivity contribution is -0.171. The first-order valence-electron chi connectivity index (χ1n) is 9.12. The number of hydrogen-bond acceptors (Lipinski definition) is 6. The third-order valence-electron chi connectivity index (χ3n) is 3.22. The van der Waals surface area contributed by atoms with Gasteiger partial charge in [0.25, 0.3) is 0 Å². The van der Waals surface area contributed by atoms with Crippen molar-refractivity contribution in [1.82, 2.24) is 0 Å². The highest BCUT2D eigenvalue weighted by Gasteiger charge is 2.43. The second-order valence-electron chi connectivity index (χ2n) is 8.71. The van der Waals surface area contributed by atoms with Gasteiger partial charge in [0.2, 0.25) is 0 Å². The number of rotatable bonds is 12. The molecular weight excluding hydrogens is 384 g/mol. The van der Waals surface area contributed by atoms with Gasteiger partial charge in [0.15, 0.2) is 16.6 Å². The summed E-state index contributed by atoms with van der Waals surface area (Å²) in [6.45, 7) is 19.8. The lowest BCUT2D eigenvalue weighted by atomic mass is 10.2. The van der Waals surface area contributed by atoms with E-state index in [0.717, 1.165) is 0 Å². The van der Waals surface area contributed by atoms with E-state index in [1.807, 2.05) is 6.92 Å². The van der Waals surface area contributed by atoms with E-state index in [0.29, 0.717) is 22.2 Å². The highest BCUT2D eigenvalue weighted by molar-refractivity contribution is 6.71. The smallest absolute Gasteiger partial charge is 0.333 e. The molecule has 0 heterocycles. The molecule has 1 N–H and O–H groups in total. The van der Waals surface area contributed by atoms with Crippen LogP contribution < -0.4 is 0 Å². The summed E-state index contributed by atoms with van der Waals surface area (Å²) in [5.41, 5.74) is -0.437. The van der Waals surface area contributed by atoms with Crippen LogP contribution in [-0.2, 0) is 23.1 Å². The summed E-state index contributed by atoms with van der Waals surface area (Å²) >= 11 is 0. The van der Waals surface area contributed by atoms with Crippen LogP contribution in [0.5, 0.6) is 0 Å². The first-order valence-corrected chi connectivity index (χ1v) is 16.9. The quantitative estimate of drug-likeness (QED) is 0.224. The number of hydrogen-bond donors (Lipinski definition) is 1. The Balaban J connectivity index is 4.99. The van der Waals surface area contributed by atoms with E-state index in [9.17, 15) is 9.90 Å². The van der Waals surface area contributed by atoms with Gasteiger partial charge >= 0.3 is 5.97 Å². The molecule has 6 nitrogen and oxygen atoms in total. The van der Waals surface area contributed by atoms with Crippen molar-refractivity contribution in [3.05, 3.63) is 12.2 Å². The molecule has 0 aliphatic carbocycles. The summed E-state index contributed by atoms with van der Waals surface area (Å²) in [4.78, 5) is 11.4. The largest absolute Gasteiger partial charge is 0.460 e. The summed E-state index contributed by atoms with van der Waals surface area (Å²) in [6, 6.07) is 0. The zero-order chi connectivity index (χ0) is 20.8. The molecule has 154 valence electrons. The zero-order valence-electron chi connectivity index (χ0n) is 18.0. The molecule has 0 aromatic carbocycles. The number of esters is 1. The Bertz CT molecular complexity index is 454. The fourth-order valence-corrected chi connectivity index (χ4v) is 9.69. The third-order valence-corrected chi connectivity index (χ3v) is 7.12. The van der Waals surface area contributed by atoms with Crippen molar-refractivity contribution in [2.75, 3.05) is 13.2 Å².